The van der Waals surface area contributed by atoms with Gasteiger partial charge in [0.1, 0.15) is 5.82 Å². The Morgan fingerprint density at radius 1 is 1.13 bits per heavy atom. The number of rotatable bonds is 6. The van der Waals surface area contributed by atoms with Crippen LogP contribution in [0.4, 0.5) is 11.5 Å². The van der Waals surface area contributed by atoms with Crippen molar-refractivity contribution in [3.8, 4) is 11.8 Å². The zero-order chi connectivity index (χ0) is 21.7. The first-order valence-corrected chi connectivity index (χ1v) is 12.1. The first-order valence-electron chi connectivity index (χ1n) is 10.3. The fraction of sp³-hybridized carbons (Fsp3) is 0.304. The Kier molecular flexibility index (Phi) is 6.35. The zero-order valence-electron chi connectivity index (χ0n) is 17.4. The van der Waals surface area contributed by atoms with Crippen molar-refractivity contribution in [2.75, 3.05) is 35.9 Å². The van der Waals surface area contributed by atoms with Gasteiger partial charge in [0.15, 0.2) is 0 Å². The maximum Gasteiger partial charge on any atom is 0.229 e. The SMILES string of the molecule is CS(=O)(=O)Nc1ccc(CCNc2nc(C#CC3CCNC3)nc3ccccc23)cc1. The molecule has 1 aliphatic heterocycles. The number of nitrogens with one attached hydrogen (secondary N) is 3. The van der Waals surface area contributed by atoms with Gasteiger partial charge in [-0.2, -0.15) is 0 Å². The Labute approximate surface area is 182 Å². The second-order valence-corrected chi connectivity index (χ2v) is 9.37. The van der Waals surface area contributed by atoms with Gasteiger partial charge in [-0.1, -0.05) is 30.2 Å². The summed E-state index contributed by atoms with van der Waals surface area (Å²) in [6, 6.07) is 15.3. The van der Waals surface area contributed by atoms with Crippen LogP contribution in [0.5, 0.6) is 0 Å². The molecule has 0 bridgehead atoms. The van der Waals surface area contributed by atoms with E-state index in [2.05, 4.69) is 37.2 Å². The number of anilines is 2. The maximum absolute atomic E-state index is 11.3. The molecular weight excluding hydrogens is 410 g/mol. The summed E-state index contributed by atoms with van der Waals surface area (Å²) in [6.07, 6.45) is 2.97. The molecule has 1 unspecified atom stereocenters. The molecule has 1 saturated heterocycles. The molecule has 0 radical (unpaired) electrons. The van der Waals surface area contributed by atoms with E-state index in [1.54, 1.807) is 12.1 Å². The van der Waals surface area contributed by atoms with Gasteiger partial charge in [0, 0.05) is 30.1 Å². The van der Waals surface area contributed by atoms with Gasteiger partial charge in [-0.25, -0.2) is 18.4 Å². The quantitative estimate of drug-likeness (QED) is 0.515. The highest BCUT2D eigenvalue weighted by Gasteiger charge is 2.11. The van der Waals surface area contributed by atoms with E-state index in [0.29, 0.717) is 24.0 Å². The lowest BCUT2D eigenvalue weighted by Gasteiger charge is -2.10. The van der Waals surface area contributed by atoms with Gasteiger partial charge in [-0.3, -0.25) is 4.72 Å². The van der Waals surface area contributed by atoms with E-state index in [0.717, 1.165) is 54.5 Å². The molecule has 1 atom stereocenters. The van der Waals surface area contributed by atoms with Gasteiger partial charge < -0.3 is 10.6 Å². The molecule has 0 aliphatic carbocycles. The lowest BCUT2D eigenvalue weighted by Crippen LogP contribution is -2.10. The fourth-order valence-electron chi connectivity index (χ4n) is 3.49. The molecule has 8 heteroatoms. The third-order valence-electron chi connectivity index (χ3n) is 5.01. The van der Waals surface area contributed by atoms with Crippen molar-refractivity contribution in [1.82, 2.24) is 15.3 Å². The smallest absolute Gasteiger partial charge is 0.229 e. The summed E-state index contributed by atoms with van der Waals surface area (Å²) in [6.45, 7) is 2.61. The molecule has 0 saturated carbocycles. The van der Waals surface area contributed by atoms with Crippen molar-refractivity contribution in [3.05, 3.63) is 59.9 Å². The second kappa shape index (κ2) is 9.33. The number of hydrogen-bond donors (Lipinski definition) is 3. The van der Waals surface area contributed by atoms with Crippen molar-refractivity contribution in [2.45, 2.75) is 12.8 Å². The Morgan fingerprint density at radius 2 is 1.94 bits per heavy atom. The summed E-state index contributed by atoms with van der Waals surface area (Å²) in [5, 5.41) is 7.69. The lowest BCUT2D eigenvalue weighted by atomic mass is 10.1. The highest BCUT2D eigenvalue weighted by Crippen LogP contribution is 2.20. The largest absolute Gasteiger partial charge is 0.369 e. The minimum absolute atomic E-state index is 0.353. The van der Waals surface area contributed by atoms with E-state index >= 15 is 0 Å². The van der Waals surface area contributed by atoms with Gasteiger partial charge in [0.05, 0.1) is 11.8 Å². The first kappa shape index (κ1) is 21.1. The molecule has 1 fully saturated rings. The number of aromatic nitrogens is 2. The van der Waals surface area contributed by atoms with Crippen LogP contribution in [-0.2, 0) is 16.4 Å². The number of para-hydroxylation sites is 1. The number of fused-ring (bicyclic) bond motifs is 1. The summed E-state index contributed by atoms with van der Waals surface area (Å²) in [5.41, 5.74) is 2.52. The predicted octanol–water partition coefficient (Wildman–Crippen LogP) is 2.62. The summed E-state index contributed by atoms with van der Waals surface area (Å²) in [4.78, 5) is 9.26. The molecule has 4 rings (SSSR count). The molecule has 2 heterocycles. The molecule has 1 aliphatic rings. The number of benzene rings is 2. The van der Waals surface area contributed by atoms with Crippen LogP contribution < -0.4 is 15.4 Å². The van der Waals surface area contributed by atoms with Gasteiger partial charge >= 0.3 is 0 Å². The van der Waals surface area contributed by atoms with E-state index in [9.17, 15) is 8.42 Å². The van der Waals surface area contributed by atoms with Gasteiger partial charge in [-0.05, 0) is 55.1 Å². The van der Waals surface area contributed by atoms with Crippen molar-refractivity contribution < 1.29 is 8.42 Å². The van der Waals surface area contributed by atoms with Crippen LogP contribution in [-0.4, -0.2) is 44.3 Å². The van der Waals surface area contributed by atoms with Crippen LogP contribution in [0.2, 0.25) is 0 Å². The van der Waals surface area contributed by atoms with E-state index < -0.39 is 10.0 Å². The Hall–Kier alpha value is -3.15. The van der Waals surface area contributed by atoms with Crippen LogP contribution in [0.3, 0.4) is 0 Å². The minimum Gasteiger partial charge on any atom is -0.369 e. The third kappa shape index (κ3) is 5.94. The molecule has 0 amide bonds. The van der Waals surface area contributed by atoms with Gasteiger partial charge in [-0.15, -0.1) is 0 Å². The average molecular weight is 436 g/mol. The van der Waals surface area contributed by atoms with Crippen molar-refractivity contribution in [1.29, 1.82) is 0 Å². The third-order valence-corrected chi connectivity index (χ3v) is 5.62. The summed E-state index contributed by atoms with van der Waals surface area (Å²) in [5.74, 6) is 8.08. The average Bonchev–Trinajstić information content (AvgIpc) is 3.26. The number of sulfonamides is 1. The molecule has 3 N–H and O–H groups in total. The number of nitrogens with zero attached hydrogens (tertiary/aromatic N) is 2. The van der Waals surface area contributed by atoms with Crippen LogP contribution in [0.1, 0.15) is 17.8 Å². The molecule has 31 heavy (non-hydrogen) atoms. The Bertz CT molecular complexity index is 1220. The van der Waals surface area contributed by atoms with Gasteiger partial charge in [0.25, 0.3) is 0 Å². The standard InChI is InChI=1S/C23H25N5O2S/c1-31(29,30)28-19-9-6-17(7-10-19)13-15-25-23-20-4-2-3-5-21(20)26-22(27-23)11-8-18-12-14-24-16-18/h2-7,9-10,18,24,28H,12-16H2,1H3,(H,25,26,27). The highest BCUT2D eigenvalue weighted by atomic mass is 32.2. The van der Waals surface area contributed by atoms with Crippen LogP contribution in [0, 0.1) is 17.8 Å². The molecular formula is C23H25N5O2S. The van der Waals surface area contributed by atoms with E-state index in [-0.39, 0.29) is 0 Å². The van der Waals surface area contributed by atoms with Crippen molar-refractivity contribution in [3.63, 3.8) is 0 Å². The van der Waals surface area contributed by atoms with Crippen LogP contribution in [0.25, 0.3) is 10.9 Å². The summed E-state index contributed by atoms with van der Waals surface area (Å²) < 4.78 is 25.1. The molecule has 0 spiro atoms. The molecule has 2 aromatic carbocycles. The monoisotopic (exact) mass is 435 g/mol. The number of hydrogen-bond acceptors (Lipinski definition) is 6. The van der Waals surface area contributed by atoms with Crippen molar-refractivity contribution in [2.24, 2.45) is 5.92 Å². The Balaban J connectivity index is 1.46. The van der Waals surface area contributed by atoms with E-state index in [1.165, 1.54) is 0 Å². The van der Waals surface area contributed by atoms with E-state index in [4.69, 9.17) is 0 Å². The van der Waals surface area contributed by atoms with Crippen LogP contribution in [0.15, 0.2) is 48.5 Å². The second-order valence-electron chi connectivity index (χ2n) is 7.62. The lowest BCUT2D eigenvalue weighted by molar-refractivity contribution is 0.607. The van der Waals surface area contributed by atoms with E-state index in [1.807, 2.05) is 36.4 Å². The van der Waals surface area contributed by atoms with Crippen molar-refractivity contribution >= 4 is 32.4 Å². The minimum atomic E-state index is -3.27. The fourth-order valence-corrected chi connectivity index (χ4v) is 4.05. The van der Waals surface area contributed by atoms with Gasteiger partial charge in [0.2, 0.25) is 15.8 Å². The first-order chi connectivity index (χ1) is 15.0. The normalized spacial score (nSPS) is 16.0. The summed E-state index contributed by atoms with van der Waals surface area (Å²) in [7, 11) is -3.27. The topological polar surface area (TPSA) is 96.0 Å². The predicted molar refractivity (Wildman–Crippen MR) is 124 cm³/mol. The molecule has 160 valence electrons. The zero-order valence-corrected chi connectivity index (χ0v) is 18.2. The molecule has 7 nitrogen and oxygen atoms in total. The highest BCUT2D eigenvalue weighted by molar-refractivity contribution is 7.92. The Morgan fingerprint density at radius 3 is 2.68 bits per heavy atom. The van der Waals surface area contributed by atoms with Crippen LogP contribution >= 0.6 is 0 Å². The molecule has 1 aromatic heterocycles. The summed E-state index contributed by atoms with van der Waals surface area (Å²) >= 11 is 0. The molecule has 3 aromatic rings. The maximum atomic E-state index is 11.3.